The van der Waals surface area contributed by atoms with Crippen LogP contribution in [0.5, 0.6) is 5.75 Å². The number of methoxy groups -OCH3 is 1. The van der Waals surface area contributed by atoms with E-state index in [2.05, 4.69) is 10.9 Å². The summed E-state index contributed by atoms with van der Waals surface area (Å²) in [5, 5.41) is 0. The molecule has 0 radical (unpaired) electrons. The number of hydrazine groups is 1. The summed E-state index contributed by atoms with van der Waals surface area (Å²) in [4.78, 5) is 23.5. The molecular formula is C15H13FN2O3. The van der Waals surface area contributed by atoms with Crippen LogP contribution in [0.4, 0.5) is 4.39 Å². The van der Waals surface area contributed by atoms with Crippen molar-refractivity contribution in [3.05, 3.63) is 65.5 Å². The van der Waals surface area contributed by atoms with Crippen LogP contribution in [0.3, 0.4) is 0 Å². The van der Waals surface area contributed by atoms with Crippen LogP contribution in [-0.4, -0.2) is 18.9 Å². The van der Waals surface area contributed by atoms with Crippen molar-refractivity contribution in [2.75, 3.05) is 7.11 Å². The predicted molar refractivity (Wildman–Crippen MR) is 74.3 cm³/mol. The molecule has 0 aliphatic carbocycles. The van der Waals surface area contributed by atoms with Gasteiger partial charge in [-0.25, -0.2) is 4.39 Å². The average molecular weight is 288 g/mol. The van der Waals surface area contributed by atoms with Crippen molar-refractivity contribution >= 4 is 11.8 Å². The maximum atomic E-state index is 13.4. The smallest absolute Gasteiger partial charge is 0.272 e. The van der Waals surface area contributed by atoms with Crippen molar-refractivity contribution in [1.82, 2.24) is 10.9 Å². The predicted octanol–water partition coefficient (Wildman–Crippen LogP) is 1.91. The molecule has 0 aromatic heterocycles. The maximum absolute atomic E-state index is 13.4. The zero-order valence-electron chi connectivity index (χ0n) is 11.2. The molecule has 0 bridgehead atoms. The van der Waals surface area contributed by atoms with Crippen LogP contribution in [0.25, 0.3) is 0 Å². The van der Waals surface area contributed by atoms with E-state index in [1.165, 1.54) is 31.4 Å². The summed E-state index contributed by atoms with van der Waals surface area (Å²) in [6.07, 6.45) is 0. The van der Waals surface area contributed by atoms with Crippen LogP contribution in [0.2, 0.25) is 0 Å². The largest absolute Gasteiger partial charge is 0.497 e. The van der Waals surface area contributed by atoms with Gasteiger partial charge in [0.05, 0.1) is 12.7 Å². The van der Waals surface area contributed by atoms with Crippen molar-refractivity contribution in [2.24, 2.45) is 0 Å². The third kappa shape index (κ3) is 3.56. The van der Waals surface area contributed by atoms with Gasteiger partial charge in [0.25, 0.3) is 11.8 Å². The molecule has 0 saturated carbocycles. The van der Waals surface area contributed by atoms with Crippen LogP contribution in [0.1, 0.15) is 20.7 Å². The number of benzene rings is 2. The number of carbonyl (C=O) groups excluding carboxylic acids is 2. The van der Waals surface area contributed by atoms with Crippen molar-refractivity contribution in [1.29, 1.82) is 0 Å². The number of carbonyl (C=O) groups is 2. The van der Waals surface area contributed by atoms with Crippen LogP contribution < -0.4 is 15.6 Å². The minimum Gasteiger partial charge on any atom is -0.497 e. The maximum Gasteiger partial charge on any atom is 0.272 e. The first-order chi connectivity index (χ1) is 10.1. The van der Waals surface area contributed by atoms with Gasteiger partial charge in [0.15, 0.2) is 0 Å². The van der Waals surface area contributed by atoms with Gasteiger partial charge in [0.2, 0.25) is 0 Å². The Morgan fingerprint density at radius 1 is 0.952 bits per heavy atom. The molecule has 0 unspecified atom stereocenters. The number of ether oxygens (including phenoxy) is 1. The summed E-state index contributed by atoms with van der Waals surface area (Å²) in [6, 6.07) is 11.8. The molecule has 2 amide bonds. The Morgan fingerprint density at radius 3 is 2.19 bits per heavy atom. The number of rotatable bonds is 3. The highest BCUT2D eigenvalue weighted by molar-refractivity contribution is 5.99. The van der Waals surface area contributed by atoms with E-state index in [4.69, 9.17) is 4.74 Å². The first kappa shape index (κ1) is 14.5. The monoisotopic (exact) mass is 288 g/mol. The fourth-order valence-electron chi connectivity index (χ4n) is 1.64. The Bertz CT molecular complexity index is 656. The summed E-state index contributed by atoms with van der Waals surface area (Å²) in [5.41, 5.74) is 4.56. The Labute approximate surface area is 120 Å². The van der Waals surface area contributed by atoms with E-state index >= 15 is 0 Å². The second-order valence-corrected chi connectivity index (χ2v) is 4.12. The van der Waals surface area contributed by atoms with E-state index in [-0.39, 0.29) is 5.56 Å². The van der Waals surface area contributed by atoms with Crippen LogP contribution in [0, 0.1) is 5.82 Å². The zero-order valence-corrected chi connectivity index (χ0v) is 11.2. The molecule has 0 saturated heterocycles. The lowest BCUT2D eigenvalue weighted by atomic mass is 10.2. The molecular weight excluding hydrogens is 275 g/mol. The molecule has 108 valence electrons. The lowest BCUT2D eigenvalue weighted by molar-refractivity contribution is 0.0844. The van der Waals surface area contributed by atoms with Gasteiger partial charge in [-0.15, -0.1) is 0 Å². The van der Waals surface area contributed by atoms with Gasteiger partial charge in [-0.05, 0) is 36.4 Å². The highest BCUT2D eigenvalue weighted by atomic mass is 19.1. The molecule has 0 heterocycles. The van der Waals surface area contributed by atoms with Crippen molar-refractivity contribution in [2.45, 2.75) is 0 Å². The first-order valence-electron chi connectivity index (χ1n) is 6.11. The van der Waals surface area contributed by atoms with E-state index in [1.807, 2.05) is 0 Å². The van der Waals surface area contributed by atoms with Gasteiger partial charge in [0.1, 0.15) is 11.6 Å². The number of hydrogen-bond donors (Lipinski definition) is 2. The number of nitrogens with one attached hydrogen (secondary N) is 2. The summed E-state index contributed by atoms with van der Waals surface area (Å²) in [6.45, 7) is 0. The van der Waals surface area contributed by atoms with Gasteiger partial charge >= 0.3 is 0 Å². The number of halogens is 1. The highest BCUT2D eigenvalue weighted by Crippen LogP contribution is 2.11. The second kappa shape index (κ2) is 6.51. The van der Waals surface area contributed by atoms with Crippen molar-refractivity contribution in [3.8, 4) is 5.75 Å². The normalized spacial score (nSPS) is 9.81. The Kier molecular flexibility index (Phi) is 4.50. The van der Waals surface area contributed by atoms with Crippen LogP contribution >= 0.6 is 0 Å². The van der Waals surface area contributed by atoms with Gasteiger partial charge in [0, 0.05) is 5.56 Å². The molecule has 6 heteroatoms. The lowest BCUT2D eigenvalue weighted by Crippen LogP contribution is -2.41. The van der Waals surface area contributed by atoms with Crippen LogP contribution in [0.15, 0.2) is 48.5 Å². The topological polar surface area (TPSA) is 67.4 Å². The van der Waals surface area contributed by atoms with E-state index < -0.39 is 17.6 Å². The molecule has 2 N–H and O–H groups in total. The number of hydrogen-bond acceptors (Lipinski definition) is 3. The summed E-state index contributed by atoms with van der Waals surface area (Å²) in [7, 11) is 1.52. The standard InChI is InChI=1S/C15H13FN2O3/c1-21-11-8-6-10(7-9-11)14(19)17-18-15(20)12-4-2-3-5-13(12)16/h2-9H,1H3,(H,17,19)(H,18,20). The fourth-order valence-corrected chi connectivity index (χ4v) is 1.64. The molecule has 21 heavy (non-hydrogen) atoms. The molecule has 2 aromatic carbocycles. The van der Waals surface area contributed by atoms with E-state index in [9.17, 15) is 14.0 Å². The summed E-state index contributed by atoms with van der Waals surface area (Å²) < 4.78 is 18.4. The minimum absolute atomic E-state index is 0.146. The lowest BCUT2D eigenvalue weighted by Gasteiger charge is -2.08. The first-order valence-corrected chi connectivity index (χ1v) is 6.11. The SMILES string of the molecule is COc1ccc(C(=O)NNC(=O)c2ccccc2F)cc1. The summed E-state index contributed by atoms with van der Waals surface area (Å²) >= 11 is 0. The molecule has 0 atom stereocenters. The average Bonchev–Trinajstić information content (AvgIpc) is 2.52. The van der Waals surface area contributed by atoms with Gasteiger partial charge in [-0.3, -0.25) is 20.4 Å². The number of amides is 2. The molecule has 2 aromatic rings. The Balaban J connectivity index is 1.97. The van der Waals surface area contributed by atoms with Gasteiger partial charge < -0.3 is 4.74 Å². The van der Waals surface area contributed by atoms with E-state index in [0.29, 0.717) is 11.3 Å². The molecule has 0 aliphatic rings. The highest BCUT2D eigenvalue weighted by Gasteiger charge is 2.12. The zero-order chi connectivity index (χ0) is 15.2. The Morgan fingerprint density at radius 2 is 1.57 bits per heavy atom. The van der Waals surface area contributed by atoms with Crippen LogP contribution in [-0.2, 0) is 0 Å². The second-order valence-electron chi connectivity index (χ2n) is 4.12. The summed E-state index contributed by atoms with van der Waals surface area (Å²) in [5.74, 6) is -1.28. The van der Waals surface area contributed by atoms with Crippen molar-refractivity contribution < 1.29 is 18.7 Å². The quantitative estimate of drug-likeness (QED) is 0.848. The third-order valence-electron chi connectivity index (χ3n) is 2.76. The van der Waals surface area contributed by atoms with E-state index in [1.54, 1.807) is 24.3 Å². The molecule has 0 fully saturated rings. The van der Waals surface area contributed by atoms with E-state index in [0.717, 1.165) is 0 Å². The van der Waals surface area contributed by atoms with Crippen molar-refractivity contribution in [3.63, 3.8) is 0 Å². The minimum atomic E-state index is -0.727. The molecule has 5 nitrogen and oxygen atoms in total. The van der Waals surface area contributed by atoms with Gasteiger partial charge in [-0.2, -0.15) is 0 Å². The fraction of sp³-hybridized carbons (Fsp3) is 0.0667. The van der Waals surface area contributed by atoms with Gasteiger partial charge in [-0.1, -0.05) is 12.1 Å². The third-order valence-corrected chi connectivity index (χ3v) is 2.76. The Hall–Kier alpha value is -2.89. The molecule has 0 aliphatic heterocycles. The molecule has 0 spiro atoms. The molecule has 2 rings (SSSR count).